The van der Waals surface area contributed by atoms with Crippen molar-refractivity contribution in [2.24, 2.45) is 0 Å². The Hall–Kier alpha value is -3.43. The zero-order valence-electron chi connectivity index (χ0n) is 17.9. The summed E-state index contributed by atoms with van der Waals surface area (Å²) in [4.78, 5) is 26.2. The van der Waals surface area contributed by atoms with Gasteiger partial charge in [0.05, 0.1) is 4.90 Å². The number of piperazine rings is 1. The highest BCUT2D eigenvalue weighted by molar-refractivity contribution is 7.89. The first-order valence-electron chi connectivity index (χ1n) is 10.5. The minimum Gasteiger partial charge on any atom is -0.481 e. The Labute approximate surface area is 192 Å². The van der Waals surface area contributed by atoms with Gasteiger partial charge >= 0.3 is 5.97 Å². The highest BCUT2D eigenvalue weighted by atomic mass is 32.2. The Bertz CT molecular complexity index is 1230. The fraction of sp³-hybridized carbons (Fsp3) is 0.250. The van der Waals surface area contributed by atoms with Gasteiger partial charge in [-0.25, -0.2) is 13.2 Å². The summed E-state index contributed by atoms with van der Waals surface area (Å²) in [7, 11) is -3.59. The number of hydrogen-bond acceptors (Lipinski definition) is 6. The summed E-state index contributed by atoms with van der Waals surface area (Å²) in [6.45, 7) is 0.0969. The van der Waals surface area contributed by atoms with Crippen molar-refractivity contribution in [2.75, 3.05) is 39.4 Å². The molecule has 172 valence electrons. The molecule has 1 saturated heterocycles. The molecule has 8 nitrogen and oxygen atoms in total. The molecule has 0 bridgehead atoms. The molecular weight excluding hydrogens is 444 g/mol. The smallest absolute Gasteiger partial charge is 0.344 e. The van der Waals surface area contributed by atoms with Crippen LogP contribution < -0.4 is 4.74 Å². The number of rotatable bonds is 7. The predicted molar refractivity (Wildman–Crippen MR) is 122 cm³/mol. The molecule has 3 aromatic carbocycles. The molecule has 0 aliphatic carbocycles. The van der Waals surface area contributed by atoms with Crippen LogP contribution in [0.2, 0.25) is 0 Å². The van der Waals surface area contributed by atoms with Crippen molar-refractivity contribution in [3.05, 3.63) is 72.8 Å². The molecule has 0 aromatic heterocycles. The Kier molecular flexibility index (Phi) is 6.90. The average molecular weight is 469 g/mol. The fourth-order valence-electron chi connectivity index (χ4n) is 3.65. The SMILES string of the molecule is O=C(COc1cccc2ccccc12)OCC(=O)N1CCN(S(=O)(=O)c2ccccc2)CC1. The molecule has 0 radical (unpaired) electrons. The predicted octanol–water partition coefficient (Wildman–Crippen LogP) is 2.29. The van der Waals surface area contributed by atoms with E-state index in [1.165, 1.54) is 9.21 Å². The molecule has 0 unspecified atom stereocenters. The van der Waals surface area contributed by atoms with E-state index in [1.54, 1.807) is 36.4 Å². The maximum atomic E-state index is 12.7. The number of ether oxygens (including phenoxy) is 2. The van der Waals surface area contributed by atoms with Gasteiger partial charge in [0, 0.05) is 31.6 Å². The topological polar surface area (TPSA) is 93.2 Å². The molecule has 9 heteroatoms. The molecule has 0 atom stereocenters. The third kappa shape index (κ3) is 5.32. The number of sulfonamides is 1. The minimum absolute atomic E-state index is 0.182. The monoisotopic (exact) mass is 468 g/mol. The average Bonchev–Trinajstić information content (AvgIpc) is 2.86. The van der Waals surface area contributed by atoms with Gasteiger partial charge in [-0.3, -0.25) is 4.79 Å². The standard InChI is InChI=1S/C24H24N2O6S/c27-23(25-13-15-26(16-14-25)33(29,30)20-9-2-1-3-10-20)17-32-24(28)18-31-22-12-6-8-19-7-4-5-11-21(19)22/h1-12H,13-18H2. The van der Waals surface area contributed by atoms with E-state index in [2.05, 4.69) is 0 Å². The maximum absolute atomic E-state index is 12.7. The van der Waals surface area contributed by atoms with E-state index >= 15 is 0 Å². The molecule has 1 amide bonds. The van der Waals surface area contributed by atoms with Gasteiger partial charge in [0.15, 0.2) is 13.2 Å². The van der Waals surface area contributed by atoms with Crippen LogP contribution in [0, 0.1) is 0 Å². The highest BCUT2D eigenvalue weighted by Gasteiger charge is 2.30. The lowest BCUT2D eigenvalue weighted by molar-refractivity contribution is -0.154. The van der Waals surface area contributed by atoms with Crippen LogP contribution in [0.15, 0.2) is 77.7 Å². The first-order valence-corrected chi connectivity index (χ1v) is 12.0. The number of fused-ring (bicyclic) bond motifs is 1. The van der Waals surface area contributed by atoms with Crippen molar-refractivity contribution in [1.29, 1.82) is 0 Å². The van der Waals surface area contributed by atoms with Crippen LogP contribution in [0.25, 0.3) is 10.8 Å². The first kappa shape index (κ1) is 22.8. The van der Waals surface area contributed by atoms with E-state index in [0.29, 0.717) is 5.75 Å². The zero-order valence-corrected chi connectivity index (χ0v) is 18.7. The normalized spacial score (nSPS) is 14.7. The molecule has 3 aromatic rings. The number of benzene rings is 3. The van der Waals surface area contributed by atoms with Crippen molar-refractivity contribution < 1.29 is 27.5 Å². The Morgan fingerprint density at radius 3 is 2.21 bits per heavy atom. The minimum atomic E-state index is -3.59. The van der Waals surface area contributed by atoms with E-state index in [-0.39, 0.29) is 43.6 Å². The van der Waals surface area contributed by atoms with Crippen molar-refractivity contribution in [3.63, 3.8) is 0 Å². The molecule has 0 saturated carbocycles. The number of hydrogen-bond donors (Lipinski definition) is 0. The van der Waals surface area contributed by atoms with Crippen LogP contribution in [-0.2, 0) is 24.3 Å². The molecule has 33 heavy (non-hydrogen) atoms. The summed E-state index contributed by atoms with van der Waals surface area (Å²) in [6, 6.07) is 21.4. The van der Waals surface area contributed by atoms with Crippen molar-refractivity contribution in [2.45, 2.75) is 4.90 Å². The summed E-state index contributed by atoms with van der Waals surface area (Å²) >= 11 is 0. The van der Waals surface area contributed by atoms with Crippen LogP contribution in [0.5, 0.6) is 5.75 Å². The second kappa shape index (κ2) is 10.0. The third-order valence-electron chi connectivity index (χ3n) is 5.42. The lowest BCUT2D eigenvalue weighted by atomic mass is 10.1. The fourth-order valence-corrected chi connectivity index (χ4v) is 5.10. The zero-order chi connectivity index (χ0) is 23.3. The molecule has 4 rings (SSSR count). The molecule has 1 aliphatic rings. The Morgan fingerprint density at radius 1 is 0.788 bits per heavy atom. The number of carbonyl (C=O) groups is 2. The van der Waals surface area contributed by atoms with Crippen molar-refractivity contribution >= 4 is 32.7 Å². The van der Waals surface area contributed by atoms with Gasteiger partial charge in [0.1, 0.15) is 5.75 Å². The van der Waals surface area contributed by atoms with Gasteiger partial charge in [0.25, 0.3) is 5.91 Å². The van der Waals surface area contributed by atoms with Gasteiger partial charge in [-0.1, -0.05) is 54.6 Å². The van der Waals surface area contributed by atoms with Crippen LogP contribution in [0.3, 0.4) is 0 Å². The van der Waals surface area contributed by atoms with Crippen molar-refractivity contribution in [3.8, 4) is 5.75 Å². The van der Waals surface area contributed by atoms with Gasteiger partial charge in [-0.05, 0) is 23.6 Å². The molecule has 0 spiro atoms. The van der Waals surface area contributed by atoms with Crippen LogP contribution in [-0.4, -0.2) is 68.9 Å². The second-order valence-corrected chi connectivity index (χ2v) is 9.46. The first-order chi connectivity index (χ1) is 15.9. The second-order valence-electron chi connectivity index (χ2n) is 7.52. The largest absolute Gasteiger partial charge is 0.481 e. The molecule has 1 heterocycles. The van der Waals surface area contributed by atoms with Crippen LogP contribution in [0.4, 0.5) is 0 Å². The highest BCUT2D eigenvalue weighted by Crippen LogP contribution is 2.25. The van der Waals surface area contributed by atoms with Crippen molar-refractivity contribution in [1.82, 2.24) is 9.21 Å². The van der Waals surface area contributed by atoms with E-state index < -0.39 is 22.6 Å². The van der Waals surface area contributed by atoms with Crippen LogP contribution in [0.1, 0.15) is 0 Å². The number of nitrogens with zero attached hydrogens (tertiary/aromatic N) is 2. The van der Waals surface area contributed by atoms with Gasteiger partial charge in [0.2, 0.25) is 10.0 Å². The quantitative estimate of drug-likeness (QED) is 0.494. The van der Waals surface area contributed by atoms with Crippen LogP contribution >= 0.6 is 0 Å². The summed E-state index contributed by atoms with van der Waals surface area (Å²) in [5.41, 5.74) is 0. The molecule has 1 fully saturated rings. The number of carbonyl (C=O) groups excluding carboxylic acids is 2. The van der Waals surface area contributed by atoms with E-state index in [9.17, 15) is 18.0 Å². The lowest BCUT2D eigenvalue weighted by Crippen LogP contribution is -2.51. The van der Waals surface area contributed by atoms with Gasteiger partial charge < -0.3 is 14.4 Å². The number of amides is 1. The maximum Gasteiger partial charge on any atom is 0.344 e. The van der Waals surface area contributed by atoms with E-state index in [4.69, 9.17) is 9.47 Å². The van der Waals surface area contributed by atoms with Gasteiger partial charge in [-0.15, -0.1) is 0 Å². The lowest BCUT2D eigenvalue weighted by Gasteiger charge is -2.33. The third-order valence-corrected chi connectivity index (χ3v) is 7.34. The summed E-state index contributed by atoms with van der Waals surface area (Å²) in [6.07, 6.45) is 0. The van der Waals surface area contributed by atoms with E-state index in [1.807, 2.05) is 36.4 Å². The van der Waals surface area contributed by atoms with Gasteiger partial charge in [-0.2, -0.15) is 4.31 Å². The molecule has 0 N–H and O–H groups in total. The summed E-state index contributed by atoms with van der Waals surface area (Å²) in [5.74, 6) is -0.459. The molecular formula is C24H24N2O6S. The molecule has 1 aliphatic heterocycles. The Balaban J connectivity index is 1.24. The summed E-state index contributed by atoms with van der Waals surface area (Å²) in [5, 5.41) is 1.87. The summed E-state index contributed by atoms with van der Waals surface area (Å²) < 4.78 is 37.4. The van der Waals surface area contributed by atoms with E-state index in [0.717, 1.165) is 10.8 Å². The number of esters is 1. The Morgan fingerprint density at radius 2 is 1.45 bits per heavy atom.